The van der Waals surface area contributed by atoms with E-state index in [1.165, 1.54) is 24.2 Å². The zero-order chi connectivity index (χ0) is 15.6. The molecule has 1 atom stereocenters. The molecule has 1 saturated heterocycles. The molecule has 0 spiro atoms. The molecule has 0 bridgehead atoms. The van der Waals surface area contributed by atoms with Gasteiger partial charge in [0.2, 0.25) is 0 Å². The lowest BCUT2D eigenvalue weighted by atomic mass is 10.2. The van der Waals surface area contributed by atoms with Crippen molar-refractivity contribution in [2.24, 2.45) is 4.99 Å². The fraction of sp³-hybridized carbons (Fsp3) is 0.588. The summed E-state index contributed by atoms with van der Waals surface area (Å²) in [6, 6.07) is 8.09. The summed E-state index contributed by atoms with van der Waals surface area (Å²) in [4.78, 5) is 4.68. The van der Waals surface area contributed by atoms with Gasteiger partial charge in [0.1, 0.15) is 12.4 Å². The number of hydrogen-bond acceptors (Lipinski definition) is 3. The number of para-hydroxylation sites is 1. The Morgan fingerprint density at radius 2 is 2.17 bits per heavy atom. The van der Waals surface area contributed by atoms with Crippen LogP contribution in [-0.4, -0.2) is 43.2 Å². The fourth-order valence-corrected chi connectivity index (χ4v) is 3.55. The van der Waals surface area contributed by atoms with Crippen LogP contribution in [-0.2, 0) is 0 Å². The number of guanidine groups is 1. The summed E-state index contributed by atoms with van der Waals surface area (Å²) < 4.78 is 5.79. The van der Waals surface area contributed by atoms with Gasteiger partial charge in [-0.2, -0.15) is 11.8 Å². The molecule has 0 radical (unpaired) electrons. The maximum Gasteiger partial charge on any atom is 0.191 e. The SMILES string of the molecule is CCNC(=NCC1CCCS1)NCCOc1ccccc1C.I. The van der Waals surface area contributed by atoms with Crippen molar-refractivity contribution in [3.05, 3.63) is 29.8 Å². The number of nitrogens with one attached hydrogen (secondary N) is 2. The predicted octanol–water partition coefficient (Wildman–Crippen LogP) is 3.44. The van der Waals surface area contributed by atoms with Crippen molar-refractivity contribution in [1.29, 1.82) is 0 Å². The van der Waals surface area contributed by atoms with Crippen molar-refractivity contribution in [1.82, 2.24) is 10.6 Å². The molecular weight excluding hydrogens is 421 g/mol. The molecule has 2 rings (SSSR count). The normalized spacial score (nSPS) is 17.5. The van der Waals surface area contributed by atoms with E-state index in [1.807, 2.05) is 30.0 Å². The number of aliphatic imine (C=N–C) groups is 1. The van der Waals surface area contributed by atoms with Crippen LogP contribution in [0, 0.1) is 6.92 Å². The van der Waals surface area contributed by atoms with Gasteiger partial charge >= 0.3 is 0 Å². The van der Waals surface area contributed by atoms with Crippen molar-refractivity contribution in [2.45, 2.75) is 31.9 Å². The number of nitrogens with zero attached hydrogens (tertiary/aromatic N) is 1. The van der Waals surface area contributed by atoms with Gasteiger partial charge in [-0.1, -0.05) is 18.2 Å². The third kappa shape index (κ3) is 7.65. The molecule has 1 fully saturated rings. The van der Waals surface area contributed by atoms with Crippen molar-refractivity contribution in [3.63, 3.8) is 0 Å². The molecule has 23 heavy (non-hydrogen) atoms. The molecular formula is C17H28IN3OS. The number of halogens is 1. The quantitative estimate of drug-likeness (QED) is 0.290. The van der Waals surface area contributed by atoms with Crippen LogP contribution in [0.5, 0.6) is 5.75 Å². The van der Waals surface area contributed by atoms with E-state index in [0.717, 1.165) is 31.3 Å². The molecule has 0 amide bonds. The number of aryl methyl sites for hydroxylation is 1. The summed E-state index contributed by atoms with van der Waals surface area (Å²) in [6.07, 6.45) is 2.63. The van der Waals surface area contributed by atoms with Crippen molar-refractivity contribution in [3.8, 4) is 5.75 Å². The number of hydrogen-bond donors (Lipinski definition) is 2. The van der Waals surface area contributed by atoms with Gasteiger partial charge < -0.3 is 15.4 Å². The first-order valence-corrected chi connectivity index (χ1v) is 9.16. The Labute approximate surface area is 161 Å². The Balaban J connectivity index is 0.00000264. The number of ether oxygens (including phenoxy) is 1. The molecule has 1 aromatic carbocycles. The highest BCUT2D eigenvalue weighted by Gasteiger charge is 2.14. The second-order valence-electron chi connectivity index (χ2n) is 5.40. The van der Waals surface area contributed by atoms with Gasteiger partial charge in [-0.3, -0.25) is 4.99 Å². The van der Waals surface area contributed by atoms with Crippen LogP contribution in [0.25, 0.3) is 0 Å². The summed E-state index contributed by atoms with van der Waals surface area (Å²) >= 11 is 2.04. The summed E-state index contributed by atoms with van der Waals surface area (Å²) in [7, 11) is 0. The molecule has 1 heterocycles. The highest BCUT2D eigenvalue weighted by Crippen LogP contribution is 2.25. The van der Waals surface area contributed by atoms with Crippen LogP contribution in [0.15, 0.2) is 29.3 Å². The van der Waals surface area contributed by atoms with Gasteiger partial charge in [-0.05, 0) is 44.1 Å². The summed E-state index contributed by atoms with van der Waals surface area (Å²) in [5, 5.41) is 7.32. The predicted molar refractivity (Wildman–Crippen MR) is 112 cm³/mol. The van der Waals surface area contributed by atoms with Crippen LogP contribution >= 0.6 is 35.7 Å². The lowest BCUT2D eigenvalue weighted by Crippen LogP contribution is -2.39. The maximum atomic E-state index is 5.79. The lowest BCUT2D eigenvalue weighted by molar-refractivity contribution is 0.320. The van der Waals surface area contributed by atoms with E-state index in [-0.39, 0.29) is 24.0 Å². The average molecular weight is 449 g/mol. The van der Waals surface area contributed by atoms with Crippen LogP contribution in [0.2, 0.25) is 0 Å². The minimum atomic E-state index is 0. The highest BCUT2D eigenvalue weighted by atomic mass is 127. The Kier molecular flexibility index (Phi) is 10.5. The molecule has 0 aromatic heterocycles. The van der Waals surface area contributed by atoms with Crippen molar-refractivity contribution < 1.29 is 4.74 Å². The molecule has 130 valence electrons. The lowest BCUT2D eigenvalue weighted by Gasteiger charge is -2.14. The molecule has 0 aliphatic carbocycles. The third-order valence-corrected chi connectivity index (χ3v) is 4.95. The standard InChI is InChI=1S/C17H27N3OS.HI/c1-3-18-17(20-13-15-8-6-12-22-15)19-10-11-21-16-9-5-4-7-14(16)2;/h4-5,7,9,15H,3,6,8,10-13H2,1-2H3,(H2,18,19,20);1H. The van der Waals surface area contributed by atoms with E-state index in [0.29, 0.717) is 11.9 Å². The second kappa shape index (κ2) is 11.8. The van der Waals surface area contributed by atoms with E-state index < -0.39 is 0 Å². The van der Waals surface area contributed by atoms with E-state index in [4.69, 9.17) is 4.74 Å². The monoisotopic (exact) mass is 449 g/mol. The van der Waals surface area contributed by atoms with E-state index >= 15 is 0 Å². The molecule has 1 aliphatic rings. The smallest absolute Gasteiger partial charge is 0.191 e. The minimum Gasteiger partial charge on any atom is -0.491 e. The molecule has 4 nitrogen and oxygen atoms in total. The highest BCUT2D eigenvalue weighted by molar-refractivity contribution is 14.0. The summed E-state index contributed by atoms with van der Waals surface area (Å²) in [5.41, 5.74) is 1.17. The first kappa shape index (κ1) is 20.4. The van der Waals surface area contributed by atoms with Crippen LogP contribution < -0.4 is 15.4 Å². The average Bonchev–Trinajstić information content (AvgIpc) is 3.04. The van der Waals surface area contributed by atoms with Gasteiger partial charge in [0.15, 0.2) is 5.96 Å². The Morgan fingerprint density at radius 1 is 1.35 bits per heavy atom. The first-order valence-electron chi connectivity index (χ1n) is 8.12. The molecule has 1 aliphatic heterocycles. The van der Waals surface area contributed by atoms with Gasteiger partial charge in [0.05, 0.1) is 13.1 Å². The van der Waals surface area contributed by atoms with Crippen LogP contribution in [0.3, 0.4) is 0 Å². The van der Waals surface area contributed by atoms with Gasteiger partial charge in [-0.25, -0.2) is 0 Å². The Morgan fingerprint density at radius 3 is 2.87 bits per heavy atom. The first-order chi connectivity index (χ1) is 10.8. The number of rotatable bonds is 7. The van der Waals surface area contributed by atoms with Gasteiger partial charge in [-0.15, -0.1) is 24.0 Å². The summed E-state index contributed by atoms with van der Waals surface area (Å²) in [5.74, 6) is 3.13. The van der Waals surface area contributed by atoms with Crippen molar-refractivity contribution >= 4 is 41.7 Å². The van der Waals surface area contributed by atoms with E-state index in [1.54, 1.807) is 0 Å². The van der Waals surface area contributed by atoms with Gasteiger partial charge in [0.25, 0.3) is 0 Å². The van der Waals surface area contributed by atoms with Crippen molar-refractivity contribution in [2.75, 3.05) is 32.0 Å². The second-order valence-corrected chi connectivity index (χ2v) is 6.80. The minimum absolute atomic E-state index is 0. The number of thioether (sulfide) groups is 1. The topological polar surface area (TPSA) is 45.7 Å². The summed E-state index contributed by atoms with van der Waals surface area (Å²) in [6.45, 7) is 7.31. The van der Waals surface area contributed by atoms with Gasteiger partial charge in [0, 0.05) is 11.8 Å². The van der Waals surface area contributed by atoms with Crippen LogP contribution in [0.4, 0.5) is 0 Å². The maximum absolute atomic E-state index is 5.79. The molecule has 2 N–H and O–H groups in total. The Hall–Kier alpha value is -0.630. The number of benzene rings is 1. The van der Waals surface area contributed by atoms with E-state index in [2.05, 4.69) is 35.5 Å². The fourth-order valence-electron chi connectivity index (χ4n) is 2.37. The zero-order valence-electron chi connectivity index (χ0n) is 14.0. The molecule has 0 saturated carbocycles. The molecule has 1 aromatic rings. The molecule has 1 unspecified atom stereocenters. The Bertz CT molecular complexity index is 479. The largest absolute Gasteiger partial charge is 0.491 e. The van der Waals surface area contributed by atoms with E-state index in [9.17, 15) is 0 Å². The zero-order valence-corrected chi connectivity index (χ0v) is 17.2. The van der Waals surface area contributed by atoms with Crippen LogP contribution in [0.1, 0.15) is 25.3 Å². The third-order valence-electron chi connectivity index (χ3n) is 3.57. The molecule has 6 heteroatoms.